The maximum Gasteiger partial charge on any atom is 0.266 e. The second-order valence-electron chi connectivity index (χ2n) is 6.20. The molecule has 0 aliphatic heterocycles. The smallest absolute Gasteiger partial charge is 0.266 e. The maximum atomic E-state index is 13.5. The van der Waals surface area contributed by atoms with Gasteiger partial charge in [-0.1, -0.05) is 22.9 Å². The molecule has 0 spiro atoms. The number of thiazole rings is 1. The van der Waals surface area contributed by atoms with E-state index >= 15 is 0 Å². The number of nitrogens with zero attached hydrogens (tertiary/aromatic N) is 3. The van der Waals surface area contributed by atoms with Crippen LogP contribution in [0.4, 0.5) is 9.52 Å². The van der Waals surface area contributed by atoms with Crippen LogP contribution in [0.15, 0.2) is 42.5 Å². The fraction of sp³-hybridized carbons (Fsp3) is 0.263. The van der Waals surface area contributed by atoms with Crippen LogP contribution < -0.4 is 9.64 Å². The fourth-order valence-corrected chi connectivity index (χ4v) is 3.54. The molecule has 0 saturated heterocycles. The van der Waals surface area contributed by atoms with Gasteiger partial charge < -0.3 is 9.64 Å². The molecule has 1 heterocycles. The molecule has 0 radical (unpaired) electrons. The Morgan fingerprint density at radius 2 is 1.89 bits per heavy atom. The monoisotopic (exact) mass is 443 g/mol. The number of benzene rings is 2. The average molecular weight is 444 g/mol. The summed E-state index contributed by atoms with van der Waals surface area (Å²) < 4.78 is 19.7. The number of rotatable bonds is 7. The number of hydrogen-bond acceptors (Lipinski definition) is 5. The summed E-state index contributed by atoms with van der Waals surface area (Å²) >= 11 is 7.14. The van der Waals surface area contributed by atoms with Crippen LogP contribution in [0.3, 0.4) is 0 Å². The van der Waals surface area contributed by atoms with Crippen molar-refractivity contribution in [3.05, 3.63) is 53.3 Å². The third-order valence-corrected chi connectivity index (χ3v) is 5.11. The van der Waals surface area contributed by atoms with Crippen molar-refractivity contribution in [3.63, 3.8) is 0 Å². The molecule has 2 aromatic carbocycles. The fourth-order valence-electron chi connectivity index (χ4n) is 2.38. The molecule has 3 rings (SSSR count). The van der Waals surface area contributed by atoms with Crippen LogP contribution in [0, 0.1) is 5.82 Å². The number of fused-ring (bicyclic) bond motifs is 1. The topological polar surface area (TPSA) is 45.7 Å². The number of ether oxygens (including phenoxy) is 1. The molecule has 28 heavy (non-hydrogen) atoms. The number of halogens is 3. The summed E-state index contributed by atoms with van der Waals surface area (Å²) in [6.45, 7) is 0.994. The lowest BCUT2D eigenvalue weighted by molar-refractivity contribution is -0.120. The van der Waals surface area contributed by atoms with E-state index in [0.29, 0.717) is 39.2 Å². The van der Waals surface area contributed by atoms with E-state index in [4.69, 9.17) is 16.3 Å². The van der Waals surface area contributed by atoms with Crippen molar-refractivity contribution in [2.24, 2.45) is 0 Å². The minimum absolute atomic E-state index is 0. The van der Waals surface area contributed by atoms with Gasteiger partial charge in [0, 0.05) is 18.1 Å². The number of anilines is 1. The molecule has 0 N–H and O–H groups in total. The molecule has 1 amide bonds. The van der Waals surface area contributed by atoms with Crippen LogP contribution in [-0.4, -0.2) is 49.6 Å². The zero-order chi connectivity index (χ0) is 19.4. The summed E-state index contributed by atoms with van der Waals surface area (Å²) in [6.07, 6.45) is 0. The van der Waals surface area contributed by atoms with Gasteiger partial charge in [-0.15, -0.1) is 12.4 Å². The van der Waals surface area contributed by atoms with Crippen molar-refractivity contribution in [1.82, 2.24) is 9.88 Å². The third kappa shape index (κ3) is 5.78. The van der Waals surface area contributed by atoms with Gasteiger partial charge >= 0.3 is 0 Å². The standard InChI is InChI=1S/C19H19ClFN3O2S.ClH/c1-23(2)9-10-24(18(25)12-26-15-6-3-13(20)4-7-15)19-22-16-8-5-14(21)11-17(16)27-19;/h3-8,11H,9-10,12H2,1-2H3;1H. The van der Waals surface area contributed by atoms with E-state index in [1.54, 1.807) is 35.2 Å². The summed E-state index contributed by atoms with van der Waals surface area (Å²) in [5, 5.41) is 1.13. The van der Waals surface area contributed by atoms with Crippen molar-refractivity contribution in [3.8, 4) is 5.75 Å². The molecular formula is C19H20Cl2FN3O2S. The number of amides is 1. The van der Waals surface area contributed by atoms with Gasteiger partial charge in [0.15, 0.2) is 11.7 Å². The Labute approximate surface area is 178 Å². The minimum Gasteiger partial charge on any atom is -0.484 e. The lowest BCUT2D eigenvalue weighted by Crippen LogP contribution is -2.39. The molecule has 5 nitrogen and oxygen atoms in total. The number of aromatic nitrogens is 1. The van der Waals surface area contributed by atoms with Crippen molar-refractivity contribution in [1.29, 1.82) is 0 Å². The molecule has 0 aliphatic rings. The molecule has 0 unspecified atom stereocenters. The van der Waals surface area contributed by atoms with Crippen LogP contribution in [0.25, 0.3) is 10.2 Å². The lowest BCUT2D eigenvalue weighted by atomic mass is 10.3. The maximum absolute atomic E-state index is 13.5. The van der Waals surface area contributed by atoms with Gasteiger partial charge in [0.25, 0.3) is 5.91 Å². The van der Waals surface area contributed by atoms with E-state index in [9.17, 15) is 9.18 Å². The Morgan fingerprint density at radius 1 is 1.18 bits per heavy atom. The highest BCUT2D eigenvalue weighted by Crippen LogP contribution is 2.29. The van der Waals surface area contributed by atoms with E-state index in [1.165, 1.54) is 23.5 Å². The summed E-state index contributed by atoms with van der Waals surface area (Å²) in [5.74, 6) is 0.0212. The van der Waals surface area contributed by atoms with Crippen molar-refractivity contribution in [2.75, 3.05) is 38.7 Å². The molecule has 0 saturated carbocycles. The molecule has 3 aromatic rings. The Kier molecular flexibility index (Phi) is 8.00. The summed E-state index contributed by atoms with van der Waals surface area (Å²) in [7, 11) is 3.86. The van der Waals surface area contributed by atoms with Crippen LogP contribution >= 0.6 is 35.3 Å². The van der Waals surface area contributed by atoms with Crippen molar-refractivity contribution >= 4 is 56.6 Å². The number of hydrogen-bond donors (Lipinski definition) is 0. The normalized spacial score (nSPS) is 10.8. The first-order valence-corrected chi connectivity index (χ1v) is 9.51. The minimum atomic E-state index is -0.324. The van der Waals surface area contributed by atoms with E-state index in [2.05, 4.69) is 4.98 Å². The number of carbonyl (C=O) groups is 1. The van der Waals surface area contributed by atoms with Gasteiger partial charge in [0.2, 0.25) is 0 Å². The molecule has 150 valence electrons. The van der Waals surface area contributed by atoms with Crippen LogP contribution in [0.1, 0.15) is 0 Å². The molecule has 0 aliphatic carbocycles. The highest BCUT2D eigenvalue weighted by Gasteiger charge is 2.20. The number of likely N-dealkylation sites (N-methyl/N-ethyl adjacent to an activating group) is 1. The van der Waals surface area contributed by atoms with Crippen molar-refractivity contribution in [2.45, 2.75) is 0 Å². The predicted molar refractivity (Wildman–Crippen MR) is 115 cm³/mol. The van der Waals surface area contributed by atoms with Crippen LogP contribution in [0.2, 0.25) is 5.02 Å². The van der Waals surface area contributed by atoms with E-state index in [-0.39, 0.29) is 30.7 Å². The quantitative estimate of drug-likeness (QED) is 0.539. The second kappa shape index (κ2) is 10.0. The van der Waals surface area contributed by atoms with Crippen LogP contribution in [-0.2, 0) is 4.79 Å². The van der Waals surface area contributed by atoms with Gasteiger partial charge in [-0.25, -0.2) is 9.37 Å². The first-order chi connectivity index (χ1) is 12.9. The van der Waals surface area contributed by atoms with Crippen LogP contribution in [0.5, 0.6) is 5.75 Å². The second-order valence-corrected chi connectivity index (χ2v) is 7.65. The summed E-state index contributed by atoms with van der Waals surface area (Å²) in [6, 6.07) is 11.2. The van der Waals surface area contributed by atoms with Gasteiger partial charge in [-0.2, -0.15) is 0 Å². The highest BCUT2D eigenvalue weighted by atomic mass is 35.5. The highest BCUT2D eigenvalue weighted by molar-refractivity contribution is 7.22. The van der Waals surface area contributed by atoms with Crippen molar-refractivity contribution < 1.29 is 13.9 Å². The zero-order valence-corrected chi connectivity index (χ0v) is 17.8. The summed E-state index contributed by atoms with van der Waals surface area (Å²) in [4.78, 5) is 20.8. The van der Waals surface area contributed by atoms with E-state index < -0.39 is 0 Å². The predicted octanol–water partition coefficient (Wildman–Crippen LogP) is 4.48. The molecule has 0 atom stereocenters. The Morgan fingerprint density at radius 3 is 2.57 bits per heavy atom. The molecule has 0 bridgehead atoms. The average Bonchev–Trinajstić information content (AvgIpc) is 3.03. The Hall–Kier alpha value is -1.93. The van der Waals surface area contributed by atoms with Gasteiger partial charge in [-0.3, -0.25) is 9.69 Å². The first-order valence-electron chi connectivity index (χ1n) is 8.32. The molecular weight excluding hydrogens is 424 g/mol. The molecule has 9 heteroatoms. The largest absolute Gasteiger partial charge is 0.484 e. The summed E-state index contributed by atoms with van der Waals surface area (Å²) in [5.41, 5.74) is 0.665. The third-order valence-electron chi connectivity index (χ3n) is 3.82. The first kappa shape index (κ1) is 22.4. The zero-order valence-electron chi connectivity index (χ0n) is 15.4. The lowest BCUT2D eigenvalue weighted by Gasteiger charge is -2.22. The Bertz CT molecular complexity index is 935. The molecule has 1 aromatic heterocycles. The van der Waals surface area contributed by atoms with E-state index in [0.717, 1.165) is 0 Å². The van der Waals surface area contributed by atoms with E-state index in [1.807, 2.05) is 19.0 Å². The van der Waals surface area contributed by atoms with Gasteiger partial charge in [0.1, 0.15) is 11.6 Å². The molecule has 0 fully saturated rings. The van der Waals surface area contributed by atoms with Gasteiger partial charge in [0.05, 0.1) is 10.2 Å². The SMILES string of the molecule is CN(C)CCN(C(=O)COc1ccc(Cl)cc1)c1nc2ccc(F)cc2s1.Cl. The Balaban J connectivity index is 0.00000280. The number of carbonyl (C=O) groups excluding carboxylic acids is 1. The van der Waals surface area contributed by atoms with Gasteiger partial charge in [-0.05, 0) is 56.6 Å².